The van der Waals surface area contributed by atoms with Gasteiger partial charge >= 0.3 is 5.97 Å². The number of nitrogens with zero attached hydrogens (tertiary/aromatic N) is 1. The first-order valence-corrected chi connectivity index (χ1v) is 11.1. The van der Waals surface area contributed by atoms with Crippen molar-refractivity contribution < 1.29 is 14.3 Å². The first-order chi connectivity index (χ1) is 14.5. The molecule has 2 aromatic rings. The maximum Gasteiger partial charge on any atom is 0.305 e. The van der Waals surface area contributed by atoms with Crippen LogP contribution in [0.3, 0.4) is 0 Å². The molecular formula is C26H35NO3. The molecule has 0 bridgehead atoms. The molecule has 162 valence electrons. The van der Waals surface area contributed by atoms with Crippen molar-refractivity contribution in [2.75, 3.05) is 11.5 Å². The topological polar surface area (TPSA) is 46.6 Å². The highest BCUT2D eigenvalue weighted by Crippen LogP contribution is 2.27. The van der Waals surface area contributed by atoms with Crippen molar-refractivity contribution in [3.63, 3.8) is 0 Å². The number of rotatable bonds is 12. The molecule has 0 atom stereocenters. The largest absolute Gasteiger partial charge is 0.466 e. The number of esters is 1. The van der Waals surface area contributed by atoms with Crippen molar-refractivity contribution in [1.29, 1.82) is 0 Å². The first kappa shape index (κ1) is 23.7. The number of hydrogen-bond donors (Lipinski definition) is 0. The Hall–Kier alpha value is -2.62. The van der Waals surface area contributed by atoms with E-state index < -0.39 is 0 Å². The molecule has 2 rings (SSSR count). The van der Waals surface area contributed by atoms with Gasteiger partial charge in [-0.05, 0) is 51.0 Å². The number of carbonyl (C=O) groups excluding carboxylic acids is 2. The van der Waals surface area contributed by atoms with E-state index in [0.717, 1.165) is 35.3 Å². The average molecular weight is 410 g/mol. The number of anilines is 2. The fourth-order valence-corrected chi connectivity index (χ4v) is 3.28. The minimum absolute atomic E-state index is 0.0185. The maximum atomic E-state index is 13.0. The van der Waals surface area contributed by atoms with Gasteiger partial charge in [-0.1, -0.05) is 68.0 Å². The Morgan fingerprint density at radius 1 is 0.733 bits per heavy atom. The molecule has 30 heavy (non-hydrogen) atoms. The third kappa shape index (κ3) is 8.02. The molecule has 1 amide bonds. The van der Waals surface area contributed by atoms with Crippen LogP contribution in [0.5, 0.6) is 0 Å². The monoisotopic (exact) mass is 409 g/mol. The lowest BCUT2D eigenvalue weighted by molar-refractivity contribution is -0.143. The van der Waals surface area contributed by atoms with E-state index in [0.29, 0.717) is 19.4 Å². The Labute approximate surface area is 181 Å². The second-order valence-corrected chi connectivity index (χ2v) is 7.89. The van der Waals surface area contributed by atoms with Gasteiger partial charge in [-0.25, -0.2) is 0 Å². The predicted octanol–water partition coefficient (Wildman–Crippen LogP) is 6.65. The van der Waals surface area contributed by atoms with Crippen LogP contribution in [0.25, 0.3) is 0 Å². The molecule has 0 fully saturated rings. The summed E-state index contributed by atoms with van der Waals surface area (Å²) in [6, 6.07) is 15.8. The molecule has 0 heterocycles. The van der Waals surface area contributed by atoms with Gasteiger partial charge in [-0.3, -0.25) is 14.5 Å². The Bertz CT molecular complexity index is 735. The smallest absolute Gasteiger partial charge is 0.305 e. The predicted molar refractivity (Wildman–Crippen MR) is 123 cm³/mol. The summed E-state index contributed by atoms with van der Waals surface area (Å²) in [5, 5.41) is 0. The molecule has 4 nitrogen and oxygen atoms in total. The standard InChI is InChI=1S/C26H35NO3/c1-4-5-6-7-8-20-30-26(29)11-9-10-25(28)27(23-16-12-21(2)13-17-23)24-18-14-22(3)15-19-24/h12-19H,4-11,20H2,1-3H3. The molecule has 0 aliphatic carbocycles. The van der Waals surface area contributed by atoms with Gasteiger partial charge in [0.05, 0.1) is 6.61 Å². The summed E-state index contributed by atoms with van der Waals surface area (Å²) in [7, 11) is 0. The molecule has 0 aromatic heterocycles. The van der Waals surface area contributed by atoms with Crippen LogP contribution < -0.4 is 4.90 Å². The van der Waals surface area contributed by atoms with Gasteiger partial charge in [0.1, 0.15) is 0 Å². The van der Waals surface area contributed by atoms with Crippen molar-refractivity contribution in [3.05, 3.63) is 59.7 Å². The quantitative estimate of drug-likeness (QED) is 0.291. The van der Waals surface area contributed by atoms with Crippen LogP contribution in [0, 0.1) is 13.8 Å². The van der Waals surface area contributed by atoms with E-state index in [1.165, 1.54) is 19.3 Å². The van der Waals surface area contributed by atoms with Crippen molar-refractivity contribution >= 4 is 23.3 Å². The zero-order valence-electron chi connectivity index (χ0n) is 18.7. The van der Waals surface area contributed by atoms with Crippen LogP contribution in [0.4, 0.5) is 11.4 Å². The second kappa shape index (κ2) is 12.8. The Morgan fingerprint density at radius 2 is 1.27 bits per heavy atom. The summed E-state index contributed by atoms with van der Waals surface area (Å²) in [4.78, 5) is 26.7. The van der Waals surface area contributed by atoms with E-state index in [4.69, 9.17) is 4.74 Å². The van der Waals surface area contributed by atoms with Gasteiger partial charge in [0.2, 0.25) is 5.91 Å². The molecule has 0 aliphatic heterocycles. The molecule has 2 aromatic carbocycles. The highest BCUT2D eigenvalue weighted by Gasteiger charge is 2.18. The molecule has 0 spiro atoms. The molecule has 0 saturated carbocycles. The Balaban J connectivity index is 1.88. The fourth-order valence-electron chi connectivity index (χ4n) is 3.28. The summed E-state index contributed by atoms with van der Waals surface area (Å²) < 4.78 is 5.30. The lowest BCUT2D eigenvalue weighted by Gasteiger charge is -2.23. The minimum Gasteiger partial charge on any atom is -0.466 e. The summed E-state index contributed by atoms with van der Waals surface area (Å²) in [5.74, 6) is -0.231. The molecule has 0 unspecified atom stereocenters. The molecular weight excluding hydrogens is 374 g/mol. The number of carbonyl (C=O) groups is 2. The lowest BCUT2D eigenvalue weighted by Crippen LogP contribution is -2.25. The molecule has 4 heteroatoms. The second-order valence-electron chi connectivity index (χ2n) is 7.89. The van der Waals surface area contributed by atoms with E-state index in [1.807, 2.05) is 62.4 Å². The first-order valence-electron chi connectivity index (χ1n) is 11.1. The Kier molecular flexibility index (Phi) is 10.1. The van der Waals surface area contributed by atoms with Crippen LogP contribution in [-0.4, -0.2) is 18.5 Å². The van der Waals surface area contributed by atoms with Crippen molar-refractivity contribution in [2.45, 2.75) is 72.1 Å². The number of benzene rings is 2. The van der Waals surface area contributed by atoms with E-state index >= 15 is 0 Å². The molecule has 0 radical (unpaired) electrons. The minimum atomic E-state index is -0.212. The van der Waals surface area contributed by atoms with Gasteiger partial charge in [0, 0.05) is 24.2 Å². The van der Waals surface area contributed by atoms with E-state index in [2.05, 4.69) is 6.92 Å². The van der Waals surface area contributed by atoms with Gasteiger partial charge in [0.15, 0.2) is 0 Å². The van der Waals surface area contributed by atoms with Gasteiger partial charge in [-0.2, -0.15) is 0 Å². The average Bonchev–Trinajstić information content (AvgIpc) is 2.73. The normalized spacial score (nSPS) is 10.6. The summed E-state index contributed by atoms with van der Waals surface area (Å²) in [6.07, 6.45) is 6.70. The number of hydrogen-bond acceptors (Lipinski definition) is 3. The third-order valence-corrected chi connectivity index (χ3v) is 5.12. The number of amides is 1. The number of ether oxygens (including phenoxy) is 1. The maximum absolute atomic E-state index is 13.0. The highest BCUT2D eigenvalue weighted by molar-refractivity contribution is 6.00. The SMILES string of the molecule is CCCCCCCOC(=O)CCCC(=O)N(c1ccc(C)cc1)c1ccc(C)cc1. The highest BCUT2D eigenvalue weighted by atomic mass is 16.5. The van der Waals surface area contributed by atoms with Gasteiger partial charge in [0.25, 0.3) is 0 Å². The van der Waals surface area contributed by atoms with Gasteiger partial charge in [-0.15, -0.1) is 0 Å². The van der Waals surface area contributed by atoms with Crippen LogP contribution in [0.2, 0.25) is 0 Å². The van der Waals surface area contributed by atoms with E-state index in [1.54, 1.807) is 4.90 Å². The summed E-state index contributed by atoms with van der Waals surface area (Å²) in [6.45, 7) is 6.71. The molecule has 0 N–H and O–H groups in total. The summed E-state index contributed by atoms with van der Waals surface area (Å²) in [5.41, 5.74) is 3.97. The fraction of sp³-hybridized carbons (Fsp3) is 0.462. The van der Waals surface area contributed by atoms with E-state index in [-0.39, 0.29) is 18.3 Å². The van der Waals surface area contributed by atoms with Crippen LogP contribution in [-0.2, 0) is 14.3 Å². The van der Waals surface area contributed by atoms with Crippen molar-refractivity contribution in [2.24, 2.45) is 0 Å². The van der Waals surface area contributed by atoms with E-state index in [9.17, 15) is 9.59 Å². The zero-order chi connectivity index (χ0) is 21.8. The van der Waals surface area contributed by atoms with Crippen molar-refractivity contribution in [1.82, 2.24) is 0 Å². The van der Waals surface area contributed by atoms with Crippen LogP contribution in [0.1, 0.15) is 69.4 Å². The molecule has 0 aliphatic rings. The third-order valence-electron chi connectivity index (χ3n) is 5.12. The van der Waals surface area contributed by atoms with Gasteiger partial charge < -0.3 is 4.74 Å². The van der Waals surface area contributed by atoms with Crippen LogP contribution >= 0.6 is 0 Å². The zero-order valence-corrected chi connectivity index (χ0v) is 18.7. The summed E-state index contributed by atoms with van der Waals surface area (Å²) >= 11 is 0. The lowest BCUT2D eigenvalue weighted by atomic mass is 10.1. The Morgan fingerprint density at radius 3 is 1.80 bits per heavy atom. The van der Waals surface area contributed by atoms with Crippen LogP contribution in [0.15, 0.2) is 48.5 Å². The van der Waals surface area contributed by atoms with Crippen molar-refractivity contribution in [3.8, 4) is 0 Å². The number of aryl methyl sites for hydroxylation is 2. The molecule has 0 saturated heterocycles. The number of unbranched alkanes of at least 4 members (excludes halogenated alkanes) is 4.